The summed E-state index contributed by atoms with van der Waals surface area (Å²) in [7, 11) is 0. The van der Waals surface area contributed by atoms with Crippen LogP contribution in [-0.2, 0) is 5.75 Å². The minimum atomic E-state index is 0.583. The van der Waals surface area contributed by atoms with E-state index < -0.39 is 0 Å². The molecule has 0 saturated carbocycles. The van der Waals surface area contributed by atoms with Crippen molar-refractivity contribution >= 4 is 29.2 Å². The molecule has 0 spiro atoms. The van der Waals surface area contributed by atoms with Gasteiger partial charge in [-0.25, -0.2) is 20.8 Å². The van der Waals surface area contributed by atoms with Crippen LogP contribution >= 0.6 is 23.4 Å². The van der Waals surface area contributed by atoms with Crippen molar-refractivity contribution in [3.8, 4) is 0 Å². The van der Waals surface area contributed by atoms with Gasteiger partial charge in [-0.15, -0.1) is 0 Å². The number of pyridine rings is 1. The lowest BCUT2D eigenvalue weighted by Crippen LogP contribution is -2.09. The molecule has 2 heterocycles. The molecule has 3 N–H and O–H groups in total. The standard InChI is InChI=1S/C11H12ClN5S/c1-7-4-14-11(15-5-7)18-6-9-8(12)2-3-10(16-9)17-13/h2-5H,6,13H2,1H3,(H,16,17). The largest absolute Gasteiger partial charge is 0.308 e. The number of nitrogens with one attached hydrogen (secondary N) is 1. The molecule has 0 aliphatic carbocycles. The number of aryl methyl sites for hydroxylation is 1. The predicted octanol–water partition coefficient (Wildman–Crippen LogP) is 2.41. The fourth-order valence-electron chi connectivity index (χ4n) is 1.25. The average molecular weight is 282 g/mol. The smallest absolute Gasteiger partial charge is 0.187 e. The molecular formula is C11H12ClN5S. The highest BCUT2D eigenvalue weighted by atomic mass is 35.5. The zero-order valence-electron chi connectivity index (χ0n) is 9.72. The molecule has 7 heteroatoms. The normalized spacial score (nSPS) is 10.4. The number of anilines is 1. The van der Waals surface area contributed by atoms with E-state index in [-0.39, 0.29) is 0 Å². The van der Waals surface area contributed by atoms with E-state index in [0.29, 0.717) is 21.7 Å². The van der Waals surface area contributed by atoms with Crippen LogP contribution < -0.4 is 11.3 Å². The van der Waals surface area contributed by atoms with Gasteiger partial charge in [-0.3, -0.25) is 0 Å². The van der Waals surface area contributed by atoms with Crippen molar-refractivity contribution in [2.24, 2.45) is 5.84 Å². The van der Waals surface area contributed by atoms with Gasteiger partial charge in [-0.2, -0.15) is 0 Å². The Labute approximate surface area is 114 Å². The lowest BCUT2D eigenvalue weighted by Gasteiger charge is -2.05. The van der Waals surface area contributed by atoms with Crippen LogP contribution in [-0.4, -0.2) is 15.0 Å². The Hall–Kier alpha value is -1.37. The van der Waals surface area contributed by atoms with E-state index in [1.54, 1.807) is 24.5 Å². The second-order valence-corrected chi connectivity index (χ2v) is 4.95. The lowest BCUT2D eigenvalue weighted by atomic mass is 10.4. The summed E-state index contributed by atoms with van der Waals surface area (Å²) in [6, 6.07) is 3.48. The first-order chi connectivity index (χ1) is 8.69. The van der Waals surface area contributed by atoms with Gasteiger partial charge in [0.15, 0.2) is 5.16 Å². The zero-order chi connectivity index (χ0) is 13.0. The number of aromatic nitrogens is 3. The average Bonchev–Trinajstić information content (AvgIpc) is 2.40. The van der Waals surface area contributed by atoms with E-state index in [4.69, 9.17) is 17.4 Å². The molecule has 0 radical (unpaired) electrons. The predicted molar refractivity (Wildman–Crippen MR) is 73.4 cm³/mol. The van der Waals surface area contributed by atoms with Gasteiger partial charge in [0.25, 0.3) is 0 Å². The first-order valence-electron chi connectivity index (χ1n) is 5.22. The summed E-state index contributed by atoms with van der Waals surface area (Å²) in [4.78, 5) is 12.7. The zero-order valence-corrected chi connectivity index (χ0v) is 11.3. The van der Waals surface area contributed by atoms with Gasteiger partial charge in [-0.1, -0.05) is 23.4 Å². The SMILES string of the molecule is Cc1cnc(SCc2nc(NN)ccc2Cl)nc1. The van der Waals surface area contributed by atoms with Crippen LogP contribution in [0.25, 0.3) is 0 Å². The van der Waals surface area contributed by atoms with Gasteiger partial charge in [0, 0.05) is 18.1 Å². The van der Waals surface area contributed by atoms with E-state index in [1.807, 2.05) is 6.92 Å². The van der Waals surface area contributed by atoms with Crippen molar-refractivity contribution in [1.29, 1.82) is 0 Å². The molecule has 5 nitrogen and oxygen atoms in total. The van der Waals surface area contributed by atoms with Crippen molar-refractivity contribution in [3.05, 3.63) is 40.8 Å². The quantitative estimate of drug-likeness (QED) is 0.388. The molecule has 0 unspecified atom stereocenters. The maximum atomic E-state index is 6.06. The molecule has 0 aromatic carbocycles. The number of hydrogen-bond acceptors (Lipinski definition) is 6. The second-order valence-electron chi connectivity index (χ2n) is 3.60. The maximum Gasteiger partial charge on any atom is 0.187 e. The van der Waals surface area contributed by atoms with Gasteiger partial charge in [0.2, 0.25) is 0 Å². The second kappa shape index (κ2) is 5.99. The topological polar surface area (TPSA) is 76.7 Å². The van der Waals surface area contributed by atoms with Crippen LogP contribution in [0.15, 0.2) is 29.7 Å². The highest BCUT2D eigenvalue weighted by Gasteiger charge is 2.06. The number of nitrogens with two attached hydrogens (primary N) is 1. The van der Waals surface area contributed by atoms with E-state index in [1.165, 1.54) is 11.8 Å². The Morgan fingerprint density at radius 3 is 2.72 bits per heavy atom. The third-order valence-electron chi connectivity index (χ3n) is 2.16. The Morgan fingerprint density at radius 1 is 1.33 bits per heavy atom. The first kappa shape index (κ1) is 13.1. The maximum absolute atomic E-state index is 6.06. The summed E-state index contributed by atoms with van der Waals surface area (Å²) in [5.41, 5.74) is 4.27. The van der Waals surface area contributed by atoms with Gasteiger partial charge in [-0.05, 0) is 24.6 Å². The molecule has 0 saturated heterocycles. The molecule has 0 aliphatic rings. The molecule has 0 atom stereocenters. The number of hydrazine groups is 1. The molecule has 2 aromatic rings. The number of hydrogen-bond donors (Lipinski definition) is 2. The monoisotopic (exact) mass is 281 g/mol. The van der Waals surface area contributed by atoms with Gasteiger partial charge < -0.3 is 5.43 Å². The van der Waals surface area contributed by atoms with Gasteiger partial charge in [0.1, 0.15) is 5.82 Å². The molecule has 0 amide bonds. The van der Waals surface area contributed by atoms with E-state index >= 15 is 0 Å². The number of halogens is 1. The number of thioether (sulfide) groups is 1. The Bertz CT molecular complexity index is 531. The summed E-state index contributed by atoms with van der Waals surface area (Å²) in [5.74, 6) is 6.48. The minimum Gasteiger partial charge on any atom is -0.308 e. The third kappa shape index (κ3) is 3.32. The molecule has 94 valence electrons. The Morgan fingerprint density at radius 2 is 2.06 bits per heavy atom. The van der Waals surface area contributed by atoms with E-state index in [0.717, 1.165) is 11.3 Å². The third-order valence-corrected chi connectivity index (χ3v) is 3.39. The summed E-state index contributed by atoms with van der Waals surface area (Å²) < 4.78 is 0. The lowest BCUT2D eigenvalue weighted by molar-refractivity contribution is 0.948. The van der Waals surface area contributed by atoms with Gasteiger partial charge in [0.05, 0.1) is 10.7 Å². The molecule has 0 aliphatic heterocycles. The van der Waals surface area contributed by atoms with Crippen LogP contribution in [0.1, 0.15) is 11.3 Å². The molecule has 0 bridgehead atoms. The molecule has 2 rings (SSSR count). The highest BCUT2D eigenvalue weighted by Crippen LogP contribution is 2.24. The van der Waals surface area contributed by atoms with Crippen LogP contribution in [0.4, 0.5) is 5.82 Å². The summed E-state index contributed by atoms with van der Waals surface area (Å²) in [6.07, 6.45) is 3.56. The van der Waals surface area contributed by atoms with Crippen LogP contribution in [0.5, 0.6) is 0 Å². The van der Waals surface area contributed by atoms with Crippen LogP contribution in [0.2, 0.25) is 5.02 Å². The van der Waals surface area contributed by atoms with Crippen molar-refractivity contribution in [1.82, 2.24) is 15.0 Å². The Kier molecular flexibility index (Phi) is 4.35. The van der Waals surface area contributed by atoms with Crippen LogP contribution in [0, 0.1) is 6.92 Å². The van der Waals surface area contributed by atoms with Crippen LogP contribution in [0.3, 0.4) is 0 Å². The summed E-state index contributed by atoms with van der Waals surface area (Å²) in [5, 5.41) is 1.30. The van der Waals surface area contributed by atoms with Crippen molar-refractivity contribution in [2.75, 3.05) is 5.43 Å². The number of rotatable bonds is 4. The number of nitrogens with zero attached hydrogens (tertiary/aromatic N) is 3. The fourth-order valence-corrected chi connectivity index (χ4v) is 2.25. The number of nitrogen functional groups attached to an aromatic ring is 1. The molecule has 0 fully saturated rings. The highest BCUT2D eigenvalue weighted by molar-refractivity contribution is 7.98. The molecule has 18 heavy (non-hydrogen) atoms. The first-order valence-corrected chi connectivity index (χ1v) is 6.59. The van der Waals surface area contributed by atoms with E-state index in [9.17, 15) is 0 Å². The molecule has 2 aromatic heterocycles. The van der Waals surface area contributed by atoms with Crippen molar-refractivity contribution < 1.29 is 0 Å². The van der Waals surface area contributed by atoms with E-state index in [2.05, 4.69) is 20.4 Å². The summed E-state index contributed by atoms with van der Waals surface area (Å²) in [6.45, 7) is 1.95. The summed E-state index contributed by atoms with van der Waals surface area (Å²) >= 11 is 7.54. The minimum absolute atomic E-state index is 0.583. The molecular weight excluding hydrogens is 270 g/mol. The van der Waals surface area contributed by atoms with Crippen molar-refractivity contribution in [3.63, 3.8) is 0 Å². The van der Waals surface area contributed by atoms with Gasteiger partial charge >= 0.3 is 0 Å². The Balaban J connectivity index is 2.07. The fraction of sp³-hybridized carbons (Fsp3) is 0.182. The van der Waals surface area contributed by atoms with Crippen molar-refractivity contribution in [2.45, 2.75) is 17.8 Å².